The normalized spacial score (nSPS) is 21.3. The van der Waals surface area contributed by atoms with E-state index in [1.54, 1.807) is 32.0 Å². The van der Waals surface area contributed by atoms with E-state index < -0.39 is 36.3 Å². The van der Waals surface area contributed by atoms with Crippen molar-refractivity contribution in [3.05, 3.63) is 35.6 Å². The maximum Gasteiger partial charge on any atom is 0.262 e. The first-order valence-corrected chi connectivity index (χ1v) is 6.85. The van der Waals surface area contributed by atoms with Crippen molar-refractivity contribution >= 4 is 5.91 Å². The molecule has 6 heteroatoms. The molecular formula is C15H19F3N2O. The average molecular weight is 300 g/mol. The van der Waals surface area contributed by atoms with E-state index in [4.69, 9.17) is 0 Å². The van der Waals surface area contributed by atoms with Gasteiger partial charge in [0.15, 0.2) is 0 Å². The van der Waals surface area contributed by atoms with Gasteiger partial charge in [-0.3, -0.25) is 10.1 Å². The molecule has 1 amide bonds. The Morgan fingerprint density at radius 3 is 2.67 bits per heavy atom. The summed E-state index contributed by atoms with van der Waals surface area (Å²) in [6.45, 7) is 3.28. The van der Waals surface area contributed by atoms with Gasteiger partial charge in [0.05, 0.1) is 12.6 Å². The third-order valence-corrected chi connectivity index (χ3v) is 3.73. The molecule has 3 nitrogen and oxygen atoms in total. The SMILES string of the molecule is CC(C)(CNC(=O)C1CC(F)(F)CN1)c1ccccc1F. The summed E-state index contributed by atoms with van der Waals surface area (Å²) < 4.78 is 39.9. The molecule has 116 valence electrons. The molecule has 1 saturated heterocycles. The lowest BCUT2D eigenvalue weighted by atomic mass is 9.84. The average Bonchev–Trinajstić information content (AvgIpc) is 2.77. The molecule has 0 saturated carbocycles. The summed E-state index contributed by atoms with van der Waals surface area (Å²) in [5.74, 6) is -3.66. The molecule has 1 aliphatic rings. The largest absolute Gasteiger partial charge is 0.354 e. The van der Waals surface area contributed by atoms with Gasteiger partial charge in [-0.15, -0.1) is 0 Å². The minimum atomic E-state index is -2.84. The Kier molecular flexibility index (Phi) is 4.27. The van der Waals surface area contributed by atoms with Gasteiger partial charge in [-0.05, 0) is 11.6 Å². The number of amides is 1. The van der Waals surface area contributed by atoms with Gasteiger partial charge in [-0.2, -0.15) is 0 Å². The molecule has 21 heavy (non-hydrogen) atoms. The molecule has 1 heterocycles. The van der Waals surface area contributed by atoms with E-state index in [9.17, 15) is 18.0 Å². The molecule has 1 unspecified atom stereocenters. The number of hydrogen-bond acceptors (Lipinski definition) is 2. The number of hydrogen-bond donors (Lipinski definition) is 2. The minimum absolute atomic E-state index is 0.177. The van der Waals surface area contributed by atoms with Crippen LogP contribution in [0.5, 0.6) is 0 Å². The maximum absolute atomic E-state index is 13.8. The van der Waals surface area contributed by atoms with Crippen molar-refractivity contribution in [2.75, 3.05) is 13.1 Å². The lowest BCUT2D eigenvalue weighted by molar-refractivity contribution is -0.123. The second-order valence-corrected chi connectivity index (χ2v) is 6.08. The van der Waals surface area contributed by atoms with Crippen LogP contribution >= 0.6 is 0 Å². The number of carbonyl (C=O) groups excluding carboxylic acids is 1. The number of nitrogens with one attached hydrogen (secondary N) is 2. The third-order valence-electron chi connectivity index (χ3n) is 3.73. The topological polar surface area (TPSA) is 41.1 Å². The van der Waals surface area contributed by atoms with E-state index >= 15 is 0 Å². The molecule has 0 aromatic heterocycles. The van der Waals surface area contributed by atoms with Crippen LogP contribution in [-0.2, 0) is 10.2 Å². The monoisotopic (exact) mass is 300 g/mol. The van der Waals surface area contributed by atoms with Crippen LogP contribution in [0.15, 0.2) is 24.3 Å². The van der Waals surface area contributed by atoms with Crippen LogP contribution in [-0.4, -0.2) is 31.0 Å². The lowest BCUT2D eigenvalue weighted by Gasteiger charge is -2.26. The standard InChI is InChI=1S/C15H19F3N2O/c1-14(2,10-5-3-4-6-11(10)16)8-20-13(21)12-7-15(17,18)9-19-12/h3-6,12,19H,7-9H2,1-2H3,(H,20,21). The first-order chi connectivity index (χ1) is 9.71. The van der Waals surface area contributed by atoms with E-state index in [1.165, 1.54) is 6.07 Å². The zero-order valence-corrected chi connectivity index (χ0v) is 12.1. The van der Waals surface area contributed by atoms with Crippen LogP contribution in [0.4, 0.5) is 13.2 Å². The highest BCUT2D eigenvalue weighted by atomic mass is 19.3. The molecule has 2 rings (SSSR count). The number of rotatable bonds is 4. The van der Waals surface area contributed by atoms with Crippen LogP contribution in [0.3, 0.4) is 0 Å². The molecule has 1 aliphatic heterocycles. The van der Waals surface area contributed by atoms with Crippen molar-refractivity contribution in [3.8, 4) is 0 Å². The van der Waals surface area contributed by atoms with Crippen LogP contribution < -0.4 is 10.6 Å². The highest BCUT2D eigenvalue weighted by molar-refractivity contribution is 5.82. The Balaban J connectivity index is 1.96. The minimum Gasteiger partial charge on any atom is -0.354 e. The highest BCUT2D eigenvalue weighted by Gasteiger charge is 2.42. The summed E-state index contributed by atoms with van der Waals surface area (Å²) in [5.41, 5.74) is -0.141. The molecule has 1 fully saturated rings. The number of benzene rings is 1. The highest BCUT2D eigenvalue weighted by Crippen LogP contribution is 2.27. The van der Waals surface area contributed by atoms with Crippen LogP contribution in [0.25, 0.3) is 0 Å². The van der Waals surface area contributed by atoms with Gasteiger partial charge >= 0.3 is 0 Å². The van der Waals surface area contributed by atoms with Crippen molar-refractivity contribution in [1.82, 2.24) is 10.6 Å². The molecule has 1 atom stereocenters. The Hall–Kier alpha value is -1.56. The number of alkyl halides is 2. The molecule has 1 aromatic rings. The van der Waals surface area contributed by atoms with Gasteiger partial charge in [0.25, 0.3) is 5.92 Å². The predicted octanol–water partition coefficient (Wildman–Crippen LogP) is 2.22. The van der Waals surface area contributed by atoms with Crippen LogP contribution in [0.2, 0.25) is 0 Å². The first kappa shape index (κ1) is 15.8. The van der Waals surface area contributed by atoms with Crippen molar-refractivity contribution in [3.63, 3.8) is 0 Å². The predicted molar refractivity (Wildman–Crippen MR) is 73.8 cm³/mol. The van der Waals surface area contributed by atoms with Crippen molar-refractivity contribution in [2.24, 2.45) is 0 Å². The smallest absolute Gasteiger partial charge is 0.262 e. The second-order valence-electron chi connectivity index (χ2n) is 6.08. The van der Waals surface area contributed by atoms with E-state index in [2.05, 4.69) is 10.6 Å². The fourth-order valence-corrected chi connectivity index (χ4v) is 2.44. The van der Waals surface area contributed by atoms with Crippen molar-refractivity contribution < 1.29 is 18.0 Å². The molecule has 0 radical (unpaired) electrons. The molecule has 0 spiro atoms. The van der Waals surface area contributed by atoms with E-state index in [0.29, 0.717) is 5.56 Å². The summed E-state index contributed by atoms with van der Waals surface area (Å²) in [6, 6.07) is 5.44. The Morgan fingerprint density at radius 1 is 1.43 bits per heavy atom. The third kappa shape index (κ3) is 3.75. The molecule has 0 bridgehead atoms. The van der Waals surface area contributed by atoms with E-state index in [1.807, 2.05) is 0 Å². The Labute approximate surface area is 121 Å². The van der Waals surface area contributed by atoms with E-state index in [0.717, 1.165) is 0 Å². The number of halogens is 3. The van der Waals surface area contributed by atoms with Gasteiger partial charge in [0.1, 0.15) is 5.82 Å². The lowest BCUT2D eigenvalue weighted by Crippen LogP contribution is -2.45. The summed E-state index contributed by atoms with van der Waals surface area (Å²) in [7, 11) is 0. The van der Waals surface area contributed by atoms with Gasteiger partial charge in [0.2, 0.25) is 5.91 Å². The second kappa shape index (κ2) is 5.67. The van der Waals surface area contributed by atoms with Gasteiger partial charge < -0.3 is 5.32 Å². The zero-order valence-electron chi connectivity index (χ0n) is 12.1. The van der Waals surface area contributed by atoms with Gasteiger partial charge in [0, 0.05) is 18.4 Å². The summed E-state index contributed by atoms with van der Waals surface area (Å²) in [6.07, 6.45) is -0.501. The fourth-order valence-electron chi connectivity index (χ4n) is 2.44. The molecule has 2 N–H and O–H groups in total. The van der Waals surface area contributed by atoms with Gasteiger partial charge in [-0.1, -0.05) is 32.0 Å². The zero-order chi connectivity index (χ0) is 15.7. The van der Waals surface area contributed by atoms with Crippen molar-refractivity contribution in [2.45, 2.75) is 37.6 Å². The van der Waals surface area contributed by atoms with Crippen LogP contribution in [0, 0.1) is 5.82 Å². The quantitative estimate of drug-likeness (QED) is 0.895. The number of carbonyl (C=O) groups is 1. The Morgan fingerprint density at radius 2 is 2.10 bits per heavy atom. The van der Waals surface area contributed by atoms with E-state index in [-0.39, 0.29) is 12.4 Å². The van der Waals surface area contributed by atoms with Crippen molar-refractivity contribution in [1.29, 1.82) is 0 Å². The summed E-state index contributed by atoms with van der Waals surface area (Å²) in [5, 5.41) is 5.12. The van der Waals surface area contributed by atoms with Crippen LogP contribution in [0.1, 0.15) is 25.8 Å². The molecular weight excluding hydrogens is 281 g/mol. The fraction of sp³-hybridized carbons (Fsp3) is 0.533. The summed E-state index contributed by atoms with van der Waals surface area (Å²) >= 11 is 0. The molecule has 0 aliphatic carbocycles. The molecule has 1 aromatic carbocycles. The Bertz CT molecular complexity index is 531. The first-order valence-electron chi connectivity index (χ1n) is 6.85. The van der Waals surface area contributed by atoms with Gasteiger partial charge in [-0.25, -0.2) is 13.2 Å². The summed E-state index contributed by atoms with van der Waals surface area (Å²) in [4.78, 5) is 11.9. The maximum atomic E-state index is 13.8.